The van der Waals surface area contributed by atoms with E-state index in [0.717, 1.165) is 11.3 Å². The minimum Gasteiger partial charge on any atom is -0.385 e. The van der Waals surface area contributed by atoms with E-state index in [1.807, 2.05) is 39.8 Å². The Morgan fingerprint density at radius 2 is 1.84 bits per heavy atom. The van der Waals surface area contributed by atoms with Crippen molar-refractivity contribution in [1.29, 1.82) is 0 Å². The maximum Gasteiger partial charge on any atom is 0.161 e. The first-order valence-corrected chi connectivity index (χ1v) is 6.59. The van der Waals surface area contributed by atoms with Crippen LogP contribution in [0.25, 0.3) is 5.69 Å². The summed E-state index contributed by atoms with van der Waals surface area (Å²) in [5.74, 6) is 1.39. The van der Waals surface area contributed by atoms with Crippen LogP contribution in [0.3, 0.4) is 0 Å². The average Bonchev–Trinajstić information content (AvgIpc) is 2.69. The van der Waals surface area contributed by atoms with E-state index in [-0.39, 0.29) is 5.92 Å². The molecular formula is C15H21N3O. The first-order valence-electron chi connectivity index (χ1n) is 6.59. The molecule has 4 nitrogen and oxygen atoms in total. The first-order chi connectivity index (χ1) is 8.90. The number of hydrogen-bond donors (Lipinski definition) is 1. The van der Waals surface area contributed by atoms with Gasteiger partial charge in [-0.15, -0.1) is 0 Å². The Morgan fingerprint density at radius 3 is 2.42 bits per heavy atom. The standard InChI is InChI=1S/C15H21N3O/c1-9(2)14(19)15-16-12(5)17-18(15)13-7-6-10(3)8-11(13)4/h6-9,14,19H,1-5H3/t14-/m0/s1. The Morgan fingerprint density at radius 1 is 1.16 bits per heavy atom. The lowest BCUT2D eigenvalue weighted by atomic mass is 10.1. The quantitative estimate of drug-likeness (QED) is 0.922. The number of rotatable bonds is 3. The number of nitrogens with zero attached hydrogens (tertiary/aromatic N) is 3. The number of aliphatic hydroxyl groups excluding tert-OH is 1. The molecule has 0 fully saturated rings. The summed E-state index contributed by atoms with van der Waals surface area (Å²) >= 11 is 0. The molecule has 0 saturated heterocycles. The second-order valence-corrected chi connectivity index (χ2v) is 5.41. The smallest absolute Gasteiger partial charge is 0.161 e. The van der Waals surface area contributed by atoms with Crippen molar-refractivity contribution >= 4 is 0 Å². The molecule has 0 unspecified atom stereocenters. The minimum atomic E-state index is -0.609. The zero-order valence-corrected chi connectivity index (χ0v) is 12.2. The van der Waals surface area contributed by atoms with Crippen LogP contribution in [0, 0.1) is 26.7 Å². The van der Waals surface area contributed by atoms with Gasteiger partial charge in [-0.3, -0.25) is 0 Å². The van der Waals surface area contributed by atoms with Crippen LogP contribution < -0.4 is 0 Å². The molecule has 0 radical (unpaired) electrons. The highest BCUT2D eigenvalue weighted by Gasteiger charge is 2.21. The van der Waals surface area contributed by atoms with Crippen LogP contribution >= 0.6 is 0 Å². The third kappa shape index (κ3) is 2.68. The second-order valence-electron chi connectivity index (χ2n) is 5.41. The van der Waals surface area contributed by atoms with Crippen LogP contribution in [0.2, 0.25) is 0 Å². The molecule has 1 N–H and O–H groups in total. The van der Waals surface area contributed by atoms with Crippen LogP contribution in [0.15, 0.2) is 18.2 Å². The third-order valence-corrected chi connectivity index (χ3v) is 3.21. The van der Waals surface area contributed by atoms with Gasteiger partial charge in [-0.1, -0.05) is 31.5 Å². The lowest BCUT2D eigenvalue weighted by Gasteiger charge is -2.16. The highest BCUT2D eigenvalue weighted by atomic mass is 16.3. The summed E-state index contributed by atoms with van der Waals surface area (Å²) < 4.78 is 1.76. The monoisotopic (exact) mass is 259 g/mol. The summed E-state index contributed by atoms with van der Waals surface area (Å²) in [6, 6.07) is 6.18. The number of aliphatic hydroxyl groups is 1. The number of aryl methyl sites for hydroxylation is 3. The molecule has 1 heterocycles. The van der Waals surface area contributed by atoms with E-state index in [1.54, 1.807) is 4.68 Å². The third-order valence-electron chi connectivity index (χ3n) is 3.21. The summed E-state index contributed by atoms with van der Waals surface area (Å²) in [4.78, 5) is 4.37. The van der Waals surface area contributed by atoms with Crippen molar-refractivity contribution in [1.82, 2.24) is 14.8 Å². The summed E-state index contributed by atoms with van der Waals surface area (Å²) in [6.45, 7) is 9.90. The van der Waals surface area contributed by atoms with Gasteiger partial charge in [0.1, 0.15) is 11.9 Å². The van der Waals surface area contributed by atoms with Crippen molar-refractivity contribution < 1.29 is 5.11 Å². The van der Waals surface area contributed by atoms with Gasteiger partial charge in [0.15, 0.2) is 5.82 Å². The molecule has 1 aromatic carbocycles. The van der Waals surface area contributed by atoms with Crippen molar-refractivity contribution in [3.8, 4) is 5.69 Å². The molecule has 1 atom stereocenters. The van der Waals surface area contributed by atoms with Crippen molar-refractivity contribution in [2.45, 2.75) is 40.7 Å². The Bertz CT molecular complexity index is 587. The molecule has 0 amide bonds. The van der Waals surface area contributed by atoms with Crippen LogP contribution in [-0.2, 0) is 0 Å². The molecule has 2 aromatic rings. The van der Waals surface area contributed by atoms with E-state index in [2.05, 4.69) is 23.1 Å². The molecule has 0 spiro atoms. The van der Waals surface area contributed by atoms with E-state index < -0.39 is 6.10 Å². The molecule has 2 rings (SSSR count). The van der Waals surface area contributed by atoms with Crippen LogP contribution in [0.4, 0.5) is 0 Å². The van der Waals surface area contributed by atoms with Gasteiger partial charge in [-0.2, -0.15) is 5.10 Å². The van der Waals surface area contributed by atoms with E-state index in [1.165, 1.54) is 5.56 Å². The first kappa shape index (κ1) is 13.7. The number of hydrogen-bond acceptors (Lipinski definition) is 3. The van der Waals surface area contributed by atoms with Crippen molar-refractivity contribution in [3.05, 3.63) is 41.0 Å². The van der Waals surface area contributed by atoms with Crippen LogP contribution in [0.1, 0.15) is 42.7 Å². The summed E-state index contributed by atoms with van der Waals surface area (Å²) in [5, 5.41) is 14.7. The van der Waals surface area contributed by atoms with Gasteiger partial charge in [-0.05, 0) is 38.3 Å². The topological polar surface area (TPSA) is 50.9 Å². The van der Waals surface area contributed by atoms with Gasteiger partial charge in [0, 0.05) is 0 Å². The van der Waals surface area contributed by atoms with Crippen molar-refractivity contribution in [2.75, 3.05) is 0 Å². The maximum absolute atomic E-state index is 10.3. The Labute approximate surface area is 114 Å². The number of aromatic nitrogens is 3. The van der Waals surface area contributed by atoms with Gasteiger partial charge >= 0.3 is 0 Å². The number of benzene rings is 1. The molecule has 0 aliphatic rings. The lowest BCUT2D eigenvalue weighted by Crippen LogP contribution is -2.14. The molecule has 0 bridgehead atoms. The lowest BCUT2D eigenvalue weighted by molar-refractivity contribution is 0.115. The van der Waals surface area contributed by atoms with Gasteiger partial charge in [-0.25, -0.2) is 9.67 Å². The minimum absolute atomic E-state index is 0.105. The van der Waals surface area contributed by atoms with E-state index in [9.17, 15) is 5.11 Å². The van der Waals surface area contributed by atoms with Crippen LogP contribution in [0.5, 0.6) is 0 Å². The molecule has 4 heteroatoms. The van der Waals surface area contributed by atoms with Gasteiger partial charge < -0.3 is 5.11 Å². The Kier molecular flexibility index (Phi) is 3.71. The van der Waals surface area contributed by atoms with Gasteiger partial charge in [0.2, 0.25) is 0 Å². The largest absolute Gasteiger partial charge is 0.385 e. The van der Waals surface area contributed by atoms with E-state index >= 15 is 0 Å². The SMILES string of the molecule is Cc1ccc(-n2nc(C)nc2[C@@H](O)C(C)C)c(C)c1. The average molecular weight is 259 g/mol. The Balaban J connectivity index is 2.56. The fraction of sp³-hybridized carbons (Fsp3) is 0.467. The summed E-state index contributed by atoms with van der Waals surface area (Å²) in [6.07, 6.45) is -0.609. The van der Waals surface area contributed by atoms with Gasteiger partial charge in [0.25, 0.3) is 0 Å². The summed E-state index contributed by atoms with van der Waals surface area (Å²) in [7, 11) is 0. The molecule has 0 saturated carbocycles. The normalized spacial score (nSPS) is 13.0. The zero-order valence-electron chi connectivity index (χ0n) is 12.2. The molecular weight excluding hydrogens is 238 g/mol. The van der Waals surface area contributed by atoms with Crippen LogP contribution in [-0.4, -0.2) is 19.9 Å². The van der Waals surface area contributed by atoms with E-state index in [0.29, 0.717) is 11.6 Å². The van der Waals surface area contributed by atoms with Gasteiger partial charge in [0.05, 0.1) is 5.69 Å². The highest BCUT2D eigenvalue weighted by Crippen LogP contribution is 2.24. The van der Waals surface area contributed by atoms with Crippen molar-refractivity contribution in [3.63, 3.8) is 0 Å². The fourth-order valence-electron chi connectivity index (χ4n) is 2.14. The van der Waals surface area contributed by atoms with E-state index in [4.69, 9.17) is 0 Å². The Hall–Kier alpha value is -1.68. The molecule has 0 aliphatic carbocycles. The predicted molar refractivity (Wildman–Crippen MR) is 75.4 cm³/mol. The predicted octanol–water partition coefficient (Wildman–Crippen LogP) is 2.88. The fourth-order valence-corrected chi connectivity index (χ4v) is 2.14. The molecule has 0 aliphatic heterocycles. The second kappa shape index (κ2) is 5.13. The highest BCUT2D eigenvalue weighted by molar-refractivity contribution is 5.42. The molecule has 102 valence electrons. The van der Waals surface area contributed by atoms with Crippen molar-refractivity contribution in [2.24, 2.45) is 5.92 Å². The molecule has 19 heavy (non-hydrogen) atoms. The summed E-state index contributed by atoms with van der Waals surface area (Å²) in [5.41, 5.74) is 3.31. The molecule has 1 aromatic heterocycles. The zero-order chi connectivity index (χ0) is 14.2. The maximum atomic E-state index is 10.3.